The average molecular weight is 589 g/mol. The van der Waals surface area contributed by atoms with E-state index in [1.165, 1.54) is 55.2 Å². The molecule has 218 valence electrons. The highest BCUT2D eigenvalue weighted by atomic mass is 15.1. The van der Waals surface area contributed by atoms with Crippen molar-refractivity contribution in [2.75, 3.05) is 4.90 Å². The van der Waals surface area contributed by atoms with Crippen LogP contribution in [0.2, 0.25) is 0 Å². The lowest BCUT2D eigenvalue weighted by Gasteiger charge is -2.26. The van der Waals surface area contributed by atoms with Gasteiger partial charge in [-0.1, -0.05) is 109 Å². The number of aromatic nitrogens is 1. The molecule has 9 rings (SSSR count). The number of benzene rings is 6. The SMILES string of the molecule is C1=CC2=C(C=C(c3ccc(N(c4ccc(-c5ccccc5)cc4)c4ccc(-n5c6ccccc6c6ccccc65)cc4)cc3)C2)C1. The molecule has 1 heterocycles. The van der Waals surface area contributed by atoms with Gasteiger partial charge in [-0.2, -0.15) is 0 Å². The van der Waals surface area contributed by atoms with Crippen molar-refractivity contribution in [3.63, 3.8) is 0 Å². The maximum Gasteiger partial charge on any atom is 0.0541 e. The molecule has 7 aromatic rings. The summed E-state index contributed by atoms with van der Waals surface area (Å²) in [5.41, 5.74) is 15.1. The monoisotopic (exact) mass is 588 g/mol. The van der Waals surface area contributed by atoms with Crippen LogP contribution >= 0.6 is 0 Å². The third-order valence-electron chi connectivity index (χ3n) is 9.47. The molecule has 2 aliphatic rings. The lowest BCUT2D eigenvalue weighted by molar-refractivity contribution is 1.17. The van der Waals surface area contributed by atoms with E-state index >= 15 is 0 Å². The van der Waals surface area contributed by atoms with Gasteiger partial charge in [0.2, 0.25) is 0 Å². The van der Waals surface area contributed by atoms with Crippen molar-refractivity contribution >= 4 is 44.4 Å². The van der Waals surface area contributed by atoms with E-state index in [1.54, 1.807) is 0 Å². The molecule has 0 unspecified atom stereocenters. The molecule has 0 saturated heterocycles. The maximum absolute atomic E-state index is 2.39. The lowest BCUT2D eigenvalue weighted by atomic mass is 10.0. The zero-order valence-corrected chi connectivity index (χ0v) is 25.5. The van der Waals surface area contributed by atoms with E-state index in [4.69, 9.17) is 0 Å². The number of fused-ring (bicyclic) bond motifs is 3. The van der Waals surface area contributed by atoms with Crippen molar-refractivity contribution in [3.05, 3.63) is 187 Å². The molecule has 0 spiro atoms. The largest absolute Gasteiger partial charge is 0.311 e. The van der Waals surface area contributed by atoms with Crippen LogP contribution in [0.4, 0.5) is 17.1 Å². The van der Waals surface area contributed by atoms with Crippen LogP contribution in [0.15, 0.2) is 181 Å². The van der Waals surface area contributed by atoms with Crippen LogP contribution in [0.3, 0.4) is 0 Å². The second kappa shape index (κ2) is 10.9. The van der Waals surface area contributed by atoms with Gasteiger partial charge in [-0.3, -0.25) is 0 Å². The third-order valence-corrected chi connectivity index (χ3v) is 9.47. The van der Waals surface area contributed by atoms with E-state index in [9.17, 15) is 0 Å². The van der Waals surface area contributed by atoms with Crippen molar-refractivity contribution in [1.29, 1.82) is 0 Å². The summed E-state index contributed by atoms with van der Waals surface area (Å²) in [6.07, 6.45) is 9.04. The predicted octanol–water partition coefficient (Wildman–Crippen LogP) is 12.0. The standard InChI is InChI=1S/C44H32N2/c1-2-9-31(10-3-1)32-17-21-37(22-18-32)45(38-23-19-33(20-24-38)36-29-34-11-8-12-35(34)30-36)39-25-27-40(28-26-39)46-43-15-6-4-13-41(43)42-14-5-7-16-44(42)46/h1-11,13-28,30H,12,29H2. The molecule has 6 aromatic carbocycles. The van der Waals surface area contributed by atoms with Crippen LogP contribution in [0, 0.1) is 0 Å². The molecule has 0 saturated carbocycles. The first-order valence-electron chi connectivity index (χ1n) is 16.0. The Kier molecular flexibility index (Phi) is 6.31. The minimum absolute atomic E-state index is 1.03. The van der Waals surface area contributed by atoms with Crippen molar-refractivity contribution in [3.8, 4) is 16.8 Å². The van der Waals surface area contributed by atoms with E-state index in [0.29, 0.717) is 0 Å². The number of allylic oxidation sites excluding steroid dienone is 6. The first-order chi connectivity index (χ1) is 22.8. The topological polar surface area (TPSA) is 8.17 Å². The third kappa shape index (κ3) is 4.50. The molecule has 0 bridgehead atoms. The van der Waals surface area contributed by atoms with Crippen LogP contribution in [0.25, 0.3) is 44.2 Å². The van der Waals surface area contributed by atoms with Crippen molar-refractivity contribution in [1.82, 2.24) is 4.57 Å². The predicted molar refractivity (Wildman–Crippen MR) is 194 cm³/mol. The van der Waals surface area contributed by atoms with Crippen LogP contribution in [-0.4, -0.2) is 4.57 Å². The second-order valence-corrected chi connectivity index (χ2v) is 12.2. The van der Waals surface area contributed by atoms with E-state index in [-0.39, 0.29) is 0 Å². The Bertz CT molecular complexity index is 2260. The molecule has 0 atom stereocenters. The van der Waals surface area contributed by atoms with Gasteiger partial charge < -0.3 is 9.47 Å². The Balaban J connectivity index is 1.11. The van der Waals surface area contributed by atoms with Gasteiger partial charge >= 0.3 is 0 Å². The van der Waals surface area contributed by atoms with Gasteiger partial charge in [0, 0.05) is 33.5 Å². The van der Waals surface area contributed by atoms with E-state index in [1.807, 2.05) is 0 Å². The van der Waals surface area contributed by atoms with Gasteiger partial charge in [-0.25, -0.2) is 0 Å². The first kappa shape index (κ1) is 26.5. The zero-order chi connectivity index (χ0) is 30.5. The molecule has 46 heavy (non-hydrogen) atoms. The minimum atomic E-state index is 1.03. The molecule has 0 aliphatic heterocycles. The Morgan fingerprint density at radius 1 is 0.457 bits per heavy atom. The Morgan fingerprint density at radius 2 is 0.978 bits per heavy atom. The number of para-hydroxylation sites is 2. The van der Waals surface area contributed by atoms with Gasteiger partial charge in [0.05, 0.1) is 11.0 Å². The highest BCUT2D eigenvalue weighted by molar-refractivity contribution is 6.09. The molecule has 2 aliphatic carbocycles. The number of rotatable bonds is 6. The van der Waals surface area contributed by atoms with Crippen LogP contribution in [0.5, 0.6) is 0 Å². The molecular weight excluding hydrogens is 556 g/mol. The highest BCUT2D eigenvalue weighted by Crippen LogP contribution is 2.41. The van der Waals surface area contributed by atoms with E-state index < -0.39 is 0 Å². The van der Waals surface area contributed by atoms with Gasteiger partial charge in [0.1, 0.15) is 0 Å². The van der Waals surface area contributed by atoms with Crippen LogP contribution in [-0.2, 0) is 0 Å². The van der Waals surface area contributed by atoms with Gasteiger partial charge in [0.15, 0.2) is 0 Å². The Morgan fingerprint density at radius 3 is 1.59 bits per heavy atom. The fourth-order valence-corrected chi connectivity index (χ4v) is 7.20. The molecular formula is C44H32N2. The fourth-order valence-electron chi connectivity index (χ4n) is 7.20. The number of anilines is 3. The Hall–Kier alpha value is -5.86. The molecule has 1 aromatic heterocycles. The summed E-state index contributed by atoms with van der Waals surface area (Å²) in [6.45, 7) is 0. The normalized spacial score (nSPS) is 13.9. The minimum Gasteiger partial charge on any atom is -0.311 e. The number of nitrogens with zero attached hydrogens (tertiary/aromatic N) is 2. The van der Waals surface area contributed by atoms with Crippen LogP contribution < -0.4 is 4.90 Å². The van der Waals surface area contributed by atoms with E-state index in [2.05, 4.69) is 179 Å². The quantitative estimate of drug-likeness (QED) is 0.188. The molecule has 0 fully saturated rings. The highest BCUT2D eigenvalue weighted by Gasteiger charge is 2.19. The van der Waals surface area contributed by atoms with Gasteiger partial charge in [-0.15, -0.1) is 0 Å². The zero-order valence-electron chi connectivity index (χ0n) is 25.5. The van der Waals surface area contributed by atoms with Crippen molar-refractivity contribution in [2.24, 2.45) is 0 Å². The summed E-state index contributed by atoms with van der Waals surface area (Å²) in [6, 6.07) is 54.9. The molecule has 0 amide bonds. The van der Waals surface area contributed by atoms with Crippen molar-refractivity contribution in [2.45, 2.75) is 12.8 Å². The lowest BCUT2D eigenvalue weighted by Crippen LogP contribution is -2.10. The summed E-state index contributed by atoms with van der Waals surface area (Å²) in [7, 11) is 0. The summed E-state index contributed by atoms with van der Waals surface area (Å²) in [5.74, 6) is 0. The summed E-state index contributed by atoms with van der Waals surface area (Å²) < 4.78 is 2.37. The fraction of sp³-hybridized carbons (Fsp3) is 0.0455. The molecule has 2 nitrogen and oxygen atoms in total. The second-order valence-electron chi connectivity index (χ2n) is 12.2. The average Bonchev–Trinajstić information content (AvgIpc) is 3.83. The number of hydrogen-bond acceptors (Lipinski definition) is 1. The Labute approximate surface area is 269 Å². The first-order valence-corrected chi connectivity index (χ1v) is 16.0. The summed E-state index contributed by atoms with van der Waals surface area (Å²) in [5, 5.41) is 2.55. The maximum atomic E-state index is 2.39. The van der Waals surface area contributed by atoms with E-state index in [0.717, 1.165) is 35.6 Å². The van der Waals surface area contributed by atoms with Crippen molar-refractivity contribution < 1.29 is 0 Å². The molecule has 2 heteroatoms. The summed E-state index contributed by atoms with van der Waals surface area (Å²) >= 11 is 0. The number of hydrogen-bond donors (Lipinski definition) is 0. The van der Waals surface area contributed by atoms with Gasteiger partial charge in [0.25, 0.3) is 0 Å². The van der Waals surface area contributed by atoms with Gasteiger partial charge in [-0.05, 0) is 107 Å². The molecule has 0 radical (unpaired) electrons. The smallest absolute Gasteiger partial charge is 0.0541 e. The summed E-state index contributed by atoms with van der Waals surface area (Å²) in [4.78, 5) is 2.36. The van der Waals surface area contributed by atoms with Crippen LogP contribution in [0.1, 0.15) is 18.4 Å². The molecule has 0 N–H and O–H groups in total.